The predicted molar refractivity (Wildman–Crippen MR) is 80.0 cm³/mol. The molecule has 0 fully saturated rings. The van der Waals surface area contributed by atoms with Crippen LogP contribution in [0.15, 0.2) is 0 Å². The minimum Gasteiger partial charge on any atom is -0.370 e. The summed E-state index contributed by atoms with van der Waals surface area (Å²) in [5.74, 6) is -0.267. The summed E-state index contributed by atoms with van der Waals surface area (Å²) in [7, 11) is 0. The lowest BCUT2D eigenvalue weighted by Gasteiger charge is -2.12. The first kappa shape index (κ1) is 20.5. The molecule has 0 aromatic heterocycles. The summed E-state index contributed by atoms with van der Waals surface area (Å²) in [6, 6.07) is -0.553. The van der Waals surface area contributed by atoms with Crippen LogP contribution in [0.1, 0.15) is 38.5 Å². The first-order valence-electron chi connectivity index (χ1n) is 7.35. The zero-order valence-corrected chi connectivity index (χ0v) is 12.8. The Balaban J connectivity index is 3.42. The van der Waals surface area contributed by atoms with Gasteiger partial charge >= 0.3 is 0 Å². The fraction of sp³-hybridized carbons (Fsp3) is 0.833. The highest BCUT2D eigenvalue weighted by atomic mass is 17.1. The standard InChI is InChI=1S/C12H28N6O4/c13-10(6-5-8-17-12(14)15)11(19)16-7-3-1-2-4-9-22-18(20)21/h10,20-21H,1-9,13H2,(H,16,19)(H4,14,15,17). The van der Waals surface area contributed by atoms with Crippen LogP contribution >= 0.6 is 0 Å². The molecule has 0 saturated heterocycles. The first-order valence-corrected chi connectivity index (χ1v) is 7.35. The van der Waals surface area contributed by atoms with Crippen molar-refractivity contribution in [3.63, 3.8) is 0 Å². The quantitative estimate of drug-likeness (QED) is 0.101. The Bertz CT molecular complexity index is 316. The Hall–Kier alpha value is -1.46. The number of hydrogen-bond acceptors (Lipinski definition) is 7. The number of rotatable bonds is 13. The van der Waals surface area contributed by atoms with Crippen molar-refractivity contribution >= 4 is 11.9 Å². The van der Waals surface area contributed by atoms with Crippen molar-refractivity contribution in [3.05, 3.63) is 0 Å². The van der Waals surface area contributed by atoms with E-state index in [-0.39, 0.29) is 23.9 Å². The molecular weight excluding hydrogens is 292 g/mol. The minimum atomic E-state index is -0.553. The number of guanidine groups is 1. The number of nitrogens with two attached hydrogens (primary N) is 2. The Morgan fingerprint density at radius 3 is 2.41 bits per heavy atom. The number of amides is 1. The fourth-order valence-electron chi connectivity index (χ4n) is 1.75. The van der Waals surface area contributed by atoms with Crippen LogP contribution in [0.5, 0.6) is 0 Å². The van der Waals surface area contributed by atoms with Gasteiger partial charge in [0.25, 0.3) is 0 Å². The molecule has 130 valence electrons. The molecule has 0 aromatic carbocycles. The third-order valence-corrected chi connectivity index (χ3v) is 2.92. The van der Waals surface area contributed by atoms with Gasteiger partial charge in [0.15, 0.2) is 5.96 Å². The van der Waals surface area contributed by atoms with Crippen molar-refractivity contribution in [1.82, 2.24) is 16.0 Å². The van der Waals surface area contributed by atoms with Gasteiger partial charge in [-0.15, -0.1) is 0 Å². The monoisotopic (exact) mass is 320 g/mol. The van der Waals surface area contributed by atoms with Crippen LogP contribution in [0, 0.1) is 5.41 Å². The molecule has 0 bridgehead atoms. The van der Waals surface area contributed by atoms with E-state index in [1.807, 2.05) is 0 Å². The molecule has 10 heteroatoms. The zero-order chi connectivity index (χ0) is 16.8. The molecule has 9 N–H and O–H groups in total. The smallest absolute Gasteiger partial charge is 0.236 e. The van der Waals surface area contributed by atoms with Crippen molar-refractivity contribution in [1.29, 1.82) is 5.41 Å². The molecule has 0 spiro atoms. The molecule has 1 atom stereocenters. The van der Waals surface area contributed by atoms with Gasteiger partial charge in [-0.1, -0.05) is 12.8 Å². The summed E-state index contributed by atoms with van der Waals surface area (Å²) >= 11 is 0. The number of hydrogen-bond donors (Lipinski definition) is 7. The second-order valence-corrected chi connectivity index (χ2v) is 4.88. The van der Waals surface area contributed by atoms with E-state index >= 15 is 0 Å². The largest absolute Gasteiger partial charge is 0.370 e. The summed E-state index contributed by atoms with van der Waals surface area (Å²) in [6.45, 7) is 1.32. The van der Waals surface area contributed by atoms with E-state index in [1.54, 1.807) is 0 Å². The molecule has 0 saturated carbocycles. The van der Waals surface area contributed by atoms with Crippen LogP contribution in [0.25, 0.3) is 0 Å². The van der Waals surface area contributed by atoms with Crippen LogP contribution in [-0.4, -0.2) is 53.4 Å². The van der Waals surface area contributed by atoms with Crippen LogP contribution < -0.4 is 22.1 Å². The Kier molecular flexibility index (Phi) is 12.3. The first-order chi connectivity index (χ1) is 10.4. The van der Waals surface area contributed by atoms with Crippen molar-refractivity contribution in [2.24, 2.45) is 11.5 Å². The predicted octanol–water partition coefficient (Wildman–Crippen LogP) is -0.734. The molecule has 0 heterocycles. The lowest BCUT2D eigenvalue weighted by molar-refractivity contribution is -0.492. The Morgan fingerprint density at radius 1 is 1.14 bits per heavy atom. The SMILES string of the molecule is N=C(N)NCCCC(N)C(=O)NCCCCCCON(O)O. The summed E-state index contributed by atoms with van der Waals surface area (Å²) in [4.78, 5) is 16.1. The molecule has 0 aromatic rings. The molecule has 10 nitrogen and oxygen atoms in total. The van der Waals surface area contributed by atoms with Gasteiger partial charge in [-0.05, 0) is 25.7 Å². The molecule has 0 aliphatic rings. The maximum Gasteiger partial charge on any atom is 0.236 e. The van der Waals surface area contributed by atoms with Gasteiger partial charge in [0, 0.05) is 13.1 Å². The number of nitrogens with one attached hydrogen (secondary N) is 3. The highest BCUT2D eigenvalue weighted by Crippen LogP contribution is 2.00. The molecule has 1 unspecified atom stereocenters. The second-order valence-electron chi connectivity index (χ2n) is 4.88. The lowest BCUT2D eigenvalue weighted by Crippen LogP contribution is -2.41. The maximum absolute atomic E-state index is 11.7. The number of unbranched alkanes of at least 4 members (excludes halogenated alkanes) is 3. The topological polar surface area (TPSA) is 170 Å². The molecule has 0 radical (unpaired) electrons. The third kappa shape index (κ3) is 13.5. The molecule has 0 aliphatic heterocycles. The van der Waals surface area contributed by atoms with Gasteiger partial charge in [0.1, 0.15) is 0 Å². The van der Waals surface area contributed by atoms with Crippen molar-refractivity contribution in [2.45, 2.75) is 44.6 Å². The van der Waals surface area contributed by atoms with Gasteiger partial charge in [0.2, 0.25) is 5.91 Å². The molecule has 0 aliphatic carbocycles. The van der Waals surface area contributed by atoms with Crippen LogP contribution in [0.3, 0.4) is 0 Å². The molecular formula is C12H28N6O4. The highest BCUT2D eigenvalue weighted by Gasteiger charge is 2.11. The van der Waals surface area contributed by atoms with Crippen molar-refractivity contribution in [2.75, 3.05) is 19.7 Å². The number of carbonyl (C=O) groups excluding carboxylic acids is 1. The minimum absolute atomic E-state index is 0.0888. The van der Waals surface area contributed by atoms with Crippen LogP contribution in [0.2, 0.25) is 0 Å². The summed E-state index contributed by atoms with van der Waals surface area (Å²) in [5, 5.41) is 28.7. The van der Waals surface area contributed by atoms with Gasteiger partial charge < -0.3 is 22.1 Å². The second kappa shape index (κ2) is 13.2. The van der Waals surface area contributed by atoms with Gasteiger partial charge in [-0.3, -0.25) is 25.5 Å². The Labute approximate surface area is 130 Å². The van der Waals surface area contributed by atoms with Crippen molar-refractivity contribution in [3.8, 4) is 0 Å². The van der Waals surface area contributed by atoms with E-state index in [2.05, 4.69) is 15.5 Å². The average Bonchev–Trinajstić information content (AvgIpc) is 2.45. The summed E-state index contributed by atoms with van der Waals surface area (Å²) in [6.07, 6.45) is 4.49. The molecule has 22 heavy (non-hydrogen) atoms. The molecule has 0 rings (SSSR count). The van der Waals surface area contributed by atoms with Gasteiger partial charge in [-0.2, -0.15) is 0 Å². The number of nitrogens with zero attached hydrogens (tertiary/aromatic N) is 1. The van der Waals surface area contributed by atoms with E-state index in [4.69, 9.17) is 27.3 Å². The Morgan fingerprint density at radius 2 is 1.77 bits per heavy atom. The zero-order valence-electron chi connectivity index (χ0n) is 12.8. The van der Waals surface area contributed by atoms with E-state index in [0.717, 1.165) is 19.3 Å². The summed E-state index contributed by atoms with van der Waals surface area (Å²) < 4.78 is 0. The normalized spacial score (nSPS) is 12.2. The average molecular weight is 320 g/mol. The van der Waals surface area contributed by atoms with Crippen LogP contribution in [0.4, 0.5) is 0 Å². The number of carbonyl (C=O) groups is 1. The van der Waals surface area contributed by atoms with Gasteiger partial charge in [0.05, 0.1) is 18.0 Å². The van der Waals surface area contributed by atoms with E-state index in [0.29, 0.717) is 32.4 Å². The van der Waals surface area contributed by atoms with Crippen molar-refractivity contribution < 1.29 is 20.0 Å². The van der Waals surface area contributed by atoms with Gasteiger partial charge in [-0.25, -0.2) is 0 Å². The maximum atomic E-state index is 11.7. The highest BCUT2D eigenvalue weighted by molar-refractivity contribution is 5.81. The van der Waals surface area contributed by atoms with E-state index in [1.165, 1.54) is 0 Å². The summed E-state index contributed by atoms with van der Waals surface area (Å²) in [5.41, 5.74) is 10.9. The van der Waals surface area contributed by atoms with Crippen LogP contribution in [-0.2, 0) is 9.63 Å². The third-order valence-electron chi connectivity index (χ3n) is 2.92. The van der Waals surface area contributed by atoms with E-state index < -0.39 is 6.04 Å². The lowest BCUT2D eigenvalue weighted by atomic mass is 10.1. The van der Waals surface area contributed by atoms with E-state index in [9.17, 15) is 4.79 Å². The fourth-order valence-corrected chi connectivity index (χ4v) is 1.75. The molecule has 1 amide bonds.